The fourth-order valence-corrected chi connectivity index (χ4v) is 4.57. The van der Waals surface area contributed by atoms with Crippen LogP contribution in [0.15, 0.2) is 62.5 Å². The Bertz CT molecular complexity index is 930. The van der Waals surface area contributed by atoms with Crippen molar-refractivity contribution in [1.29, 1.82) is 0 Å². The minimum absolute atomic E-state index is 0.187. The first-order valence-corrected chi connectivity index (χ1v) is 9.37. The fraction of sp³-hybridized carbons (Fsp3) is 0.250. The van der Waals surface area contributed by atoms with E-state index in [1.165, 1.54) is 6.21 Å². The van der Waals surface area contributed by atoms with E-state index in [0.29, 0.717) is 11.5 Å². The van der Waals surface area contributed by atoms with Crippen LogP contribution in [-0.2, 0) is 9.59 Å². The van der Waals surface area contributed by atoms with Crippen molar-refractivity contribution in [3.05, 3.63) is 58.8 Å². The van der Waals surface area contributed by atoms with E-state index >= 15 is 0 Å². The third-order valence-electron chi connectivity index (χ3n) is 5.50. The minimum Gasteiger partial charge on any atom is -0.455 e. The molecule has 2 amide bonds. The van der Waals surface area contributed by atoms with Crippen molar-refractivity contribution < 1.29 is 14.0 Å². The molecule has 130 valence electrons. The first-order valence-electron chi connectivity index (χ1n) is 8.58. The maximum absolute atomic E-state index is 12.6. The van der Waals surface area contributed by atoms with E-state index in [1.54, 1.807) is 6.07 Å². The van der Waals surface area contributed by atoms with Crippen LogP contribution in [-0.4, -0.2) is 23.0 Å². The van der Waals surface area contributed by atoms with E-state index in [0.717, 1.165) is 21.5 Å². The number of hydrazone groups is 1. The molecule has 5 rings (SSSR count). The molecule has 0 radical (unpaired) electrons. The summed E-state index contributed by atoms with van der Waals surface area (Å²) >= 11 is 3.40. The van der Waals surface area contributed by atoms with Crippen LogP contribution in [0.2, 0.25) is 0 Å². The highest BCUT2D eigenvalue weighted by molar-refractivity contribution is 9.10. The van der Waals surface area contributed by atoms with Crippen LogP contribution in [0.4, 0.5) is 0 Å². The smallest absolute Gasteiger partial charge is 0.254 e. The zero-order valence-corrected chi connectivity index (χ0v) is 15.3. The number of carbonyl (C=O) groups is 2. The first-order chi connectivity index (χ1) is 12.6. The molecule has 1 aliphatic heterocycles. The van der Waals surface area contributed by atoms with Crippen molar-refractivity contribution in [3.63, 3.8) is 0 Å². The van der Waals surface area contributed by atoms with Crippen molar-refractivity contribution in [2.75, 3.05) is 0 Å². The van der Waals surface area contributed by atoms with E-state index in [2.05, 4.69) is 33.2 Å². The predicted molar refractivity (Wildman–Crippen MR) is 99.0 cm³/mol. The van der Waals surface area contributed by atoms with Crippen LogP contribution in [0.1, 0.15) is 12.2 Å². The highest BCUT2D eigenvalue weighted by Gasteiger charge is 2.59. The number of hydrogen-bond acceptors (Lipinski definition) is 4. The molecular formula is C20H15BrN2O3. The van der Waals surface area contributed by atoms with Gasteiger partial charge in [0.25, 0.3) is 11.8 Å². The number of allylic oxidation sites excluding steroid dienone is 2. The highest BCUT2D eigenvalue weighted by atomic mass is 79.9. The zero-order valence-electron chi connectivity index (χ0n) is 13.7. The Hall–Kier alpha value is -2.47. The van der Waals surface area contributed by atoms with Crippen LogP contribution in [0.5, 0.6) is 0 Å². The monoisotopic (exact) mass is 410 g/mol. The van der Waals surface area contributed by atoms with Crippen LogP contribution in [0.3, 0.4) is 0 Å². The van der Waals surface area contributed by atoms with E-state index in [9.17, 15) is 9.59 Å². The molecule has 6 heteroatoms. The van der Waals surface area contributed by atoms with Crippen molar-refractivity contribution >= 4 is 34.0 Å². The summed E-state index contributed by atoms with van der Waals surface area (Å²) < 4.78 is 6.76. The van der Waals surface area contributed by atoms with Gasteiger partial charge in [-0.3, -0.25) is 9.59 Å². The third-order valence-corrected chi connectivity index (χ3v) is 6.03. The number of carbonyl (C=O) groups excluding carboxylic acids is 2. The number of halogens is 1. The molecule has 2 bridgehead atoms. The Balaban J connectivity index is 1.36. The van der Waals surface area contributed by atoms with Crippen molar-refractivity contribution in [1.82, 2.24) is 5.01 Å². The Morgan fingerprint density at radius 1 is 1.00 bits per heavy atom. The lowest BCUT2D eigenvalue weighted by atomic mass is 9.85. The van der Waals surface area contributed by atoms with Crippen LogP contribution >= 0.6 is 15.9 Å². The van der Waals surface area contributed by atoms with Gasteiger partial charge in [0.15, 0.2) is 0 Å². The van der Waals surface area contributed by atoms with Gasteiger partial charge in [0.05, 0.1) is 18.1 Å². The Labute approximate surface area is 158 Å². The Kier molecular flexibility index (Phi) is 3.50. The molecule has 2 fully saturated rings. The van der Waals surface area contributed by atoms with Crippen LogP contribution in [0, 0.1) is 23.7 Å². The number of fused-ring (bicyclic) bond motifs is 5. The van der Waals surface area contributed by atoms with E-state index in [4.69, 9.17) is 4.42 Å². The molecule has 1 aromatic heterocycles. The Morgan fingerprint density at radius 3 is 2.31 bits per heavy atom. The molecule has 0 spiro atoms. The van der Waals surface area contributed by atoms with Gasteiger partial charge in [-0.15, -0.1) is 0 Å². The first kappa shape index (κ1) is 15.8. The second-order valence-electron chi connectivity index (χ2n) is 6.94. The molecular weight excluding hydrogens is 396 g/mol. The van der Waals surface area contributed by atoms with E-state index in [1.807, 2.05) is 30.3 Å². The molecule has 2 aliphatic carbocycles. The topological polar surface area (TPSA) is 62.9 Å². The van der Waals surface area contributed by atoms with Gasteiger partial charge in [-0.1, -0.05) is 40.2 Å². The summed E-state index contributed by atoms with van der Waals surface area (Å²) in [6, 6.07) is 11.4. The second-order valence-corrected chi connectivity index (χ2v) is 7.86. The number of nitrogens with zero attached hydrogens (tertiary/aromatic N) is 2. The van der Waals surface area contributed by atoms with E-state index < -0.39 is 0 Å². The summed E-state index contributed by atoms with van der Waals surface area (Å²) in [5.41, 5.74) is 0.943. The minimum atomic E-state index is -0.232. The normalized spacial score (nSPS) is 29.3. The molecule has 1 saturated heterocycles. The van der Waals surface area contributed by atoms with Crippen molar-refractivity contribution in [2.45, 2.75) is 6.42 Å². The van der Waals surface area contributed by atoms with Gasteiger partial charge < -0.3 is 4.42 Å². The lowest BCUT2D eigenvalue weighted by Gasteiger charge is -2.13. The molecule has 1 aromatic carbocycles. The quantitative estimate of drug-likeness (QED) is 0.438. The Morgan fingerprint density at radius 2 is 1.65 bits per heavy atom. The van der Waals surface area contributed by atoms with Gasteiger partial charge in [-0.2, -0.15) is 10.1 Å². The maximum atomic E-state index is 12.6. The summed E-state index contributed by atoms with van der Waals surface area (Å²) in [6.45, 7) is 0. The zero-order chi connectivity index (χ0) is 17.8. The van der Waals surface area contributed by atoms with Gasteiger partial charge >= 0.3 is 0 Å². The number of rotatable bonds is 3. The van der Waals surface area contributed by atoms with Gasteiger partial charge in [0.2, 0.25) is 0 Å². The molecule has 1 saturated carbocycles. The van der Waals surface area contributed by atoms with Gasteiger partial charge in [-0.05, 0) is 42.5 Å². The maximum Gasteiger partial charge on any atom is 0.254 e. The largest absolute Gasteiger partial charge is 0.455 e. The van der Waals surface area contributed by atoms with Crippen molar-refractivity contribution in [2.24, 2.45) is 28.8 Å². The number of furan rings is 1. The highest BCUT2D eigenvalue weighted by Crippen LogP contribution is 2.52. The molecule has 0 unspecified atom stereocenters. The number of imide groups is 1. The average molecular weight is 411 g/mol. The SMILES string of the molecule is O=C1[C@@H]2[C@H](C(=O)N1/N=C\c1ccc(-c3ccc(Br)cc3)o1)[C@H]1C=C[C@H]2C1. The van der Waals surface area contributed by atoms with Gasteiger partial charge in [0, 0.05) is 10.0 Å². The van der Waals surface area contributed by atoms with Gasteiger partial charge in [-0.25, -0.2) is 0 Å². The lowest BCUT2D eigenvalue weighted by Crippen LogP contribution is -2.28. The summed E-state index contributed by atoms with van der Waals surface area (Å²) in [7, 11) is 0. The standard InChI is InChI=1S/C20H15BrN2O3/c21-14-5-3-11(4-6-14)16-8-7-15(26-16)10-22-23-19(24)17-12-1-2-13(9-12)18(17)20(23)25/h1-8,10,12-13,17-18H,9H2/b22-10-/t12-,13-,17-,18+/m0/s1. The molecule has 0 N–H and O–H groups in total. The molecule has 4 atom stereocenters. The molecule has 5 nitrogen and oxygen atoms in total. The molecule has 2 heterocycles. The summed E-state index contributed by atoms with van der Waals surface area (Å²) in [6.07, 6.45) is 6.50. The van der Waals surface area contributed by atoms with Crippen molar-refractivity contribution in [3.8, 4) is 11.3 Å². The molecule has 26 heavy (non-hydrogen) atoms. The fourth-order valence-electron chi connectivity index (χ4n) is 4.31. The number of amides is 2. The van der Waals surface area contributed by atoms with Crippen LogP contribution in [0.25, 0.3) is 11.3 Å². The third kappa shape index (κ3) is 2.32. The number of hydrogen-bond donors (Lipinski definition) is 0. The van der Waals surface area contributed by atoms with E-state index in [-0.39, 0.29) is 35.5 Å². The average Bonchev–Trinajstić information content (AvgIpc) is 3.40. The summed E-state index contributed by atoms with van der Waals surface area (Å²) in [5.74, 6) is 0.747. The summed E-state index contributed by atoms with van der Waals surface area (Å²) in [5, 5.41) is 5.17. The predicted octanol–water partition coefficient (Wildman–Crippen LogP) is 3.85. The second kappa shape index (κ2) is 5.77. The summed E-state index contributed by atoms with van der Waals surface area (Å²) in [4.78, 5) is 25.2. The van der Waals surface area contributed by atoms with Crippen LogP contribution < -0.4 is 0 Å². The lowest BCUT2D eigenvalue weighted by molar-refractivity contribution is -0.140. The molecule has 2 aromatic rings. The van der Waals surface area contributed by atoms with Gasteiger partial charge in [0.1, 0.15) is 11.5 Å². The number of benzene rings is 1. The molecule has 3 aliphatic rings.